The van der Waals surface area contributed by atoms with Crippen LogP contribution in [0.1, 0.15) is 10.5 Å². The number of nitrogens with one attached hydrogen (secondary N) is 1. The average Bonchev–Trinajstić information content (AvgIpc) is 2.59. The molecule has 0 bridgehead atoms. The van der Waals surface area contributed by atoms with Gasteiger partial charge in [-0.1, -0.05) is 11.6 Å². The van der Waals surface area contributed by atoms with Crippen molar-refractivity contribution in [3.8, 4) is 0 Å². The number of aromatic nitrogens is 2. The Morgan fingerprint density at radius 3 is 3.13 bits per heavy atom. The van der Waals surface area contributed by atoms with E-state index in [1.807, 2.05) is 0 Å². The number of ketones is 1. The standard InChI is InChI=1S/C9H12ClN3O2/c1-13-8(6(10)4-12-13)9(14)7-5-15-3-2-11-7/h4,7,11H,2-3,5H2,1H3. The minimum atomic E-state index is -0.313. The fourth-order valence-corrected chi connectivity index (χ4v) is 1.85. The lowest BCUT2D eigenvalue weighted by Gasteiger charge is -2.22. The lowest BCUT2D eigenvalue weighted by molar-refractivity contribution is 0.0601. The fourth-order valence-electron chi connectivity index (χ4n) is 1.59. The Bertz CT molecular complexity index is 352. The van der Waals surface area contributed by atoms with E-state index in [0.29, 0.717) is 30.5 Å². The van der Waals surface area contributed by atoms with Gasteiger partial charge in [-0.2, -0.15) is 5.10 Å². The number of halogens is 1. The van der Waals surface area contributed by atoms with Crippen LogP contribution in [0.5, 0.6) is 0 Å². The molecule has 1 aromatic rings. The van der Waals surface area contributed by atoms with Crippen molar-refractivity contribution < 1.29 is 9.53 Å². The number of nitrogens with zero attached hydrogens (tertiary/aromatic N) is 2. The molecule has 2 rings (SSSR count). The molecular formula is C9H12ClN3O2. The molecule has 0 amide bonds. The van der Waals surface area contributed by atoms with Crippen molar-refractivity contribution in [2.24, 2.45) is 7.05 Å². The Hall–Kier alpha value is -0.910. The lowest BCUT2D eigenvalue weighted by Crippen LogP contribution is -2.47. The van der Waals surface area contributed by atoms with E-state index in [1.165, 1.54) is 10.9 Å². The number of aryl methyl sites for hydroxylation is 1. The van der Waals surface area contributed by atoms with Gasteiger partial charge in [0.1, 0.15) is 5.69 Å². The lowest BCUT2D eigenvalue weighted by atomic mass is 10.1. The van der Waals surface area contributed by atoms with E-state index in [9.17, 15) is 4.79 Å². The van der Waals surface area contributed by atoms with Crippen LogP contribution in [-0.4, -0.2) is 41.4 Å². The van der Waals surface area contributed by atoms with E-state index in [0.717, 1.165) is 0 Å². The van der Waals surface area contributed by atoms with Crippen LogP contribution < -0.4 is 5.32 Å². The summed E-state index contributed by atoms with van der Waals surface area (Å²) in [6.07, 6.45) is 1.47. The second kappa shape index (κ2) is 4.30. The van der Waals surface area contributed by atoms with Gasteiger partial charge in [0, 0.05) is 13.6 Å². The molecule has 15 heavy (non-hydrogen) atoms. The monoisotopic (exact) mass is 229 g/mol. The van der Waals surface area contributed by atoms with Crippen molar-refractivity contribution in [3.63, 3.8) is 0 Å². The third-order valence-electron chi connectivity index (χ3n) is 2.37. The third-order valence-corrected chi connectivity index (χ3v) is 2.64. The van der Waals surface area contributed by atoms with Crippen LogP contribution in [0.3, 0.4) is 0 Å². The fraction of sp³-hybridized carbons (Fsp3) is 0.556. The topological polar surface area (TPSA) is 56.2 Å². The minimum Gasteiger partial charge on any atom is -0.378 e. The molecule has 1 aromatic heterocycles. The van der Waals surface area contributed by atoms with Crippen molar-refractivity contribution in [2.75, 3.05) is 19.8 Å². The van der Waals surface area contributed by atoms with Gasteiger partial charge >= 0.3 is 0 Å². The van der Waals surface area contributed by atoms with Crippen molar-refractivity contribution in [2.45, 2.75) is 6.04 Å². The van der Waals surface area contributed by atoms with Crippen LogP contribution in [0.25, 0.3) is 0 Å². The first-order valence-electron chi connectivity index (χ1n) is 4.73. The summed E-state index contributed by atoms with van der Waals surface area (Å²) in [5.41, 5.74) is 0.430. The van der Waals surface area contributed by atoms with Gasteiger partial charge in [-0.15, -0.1) is 0 Å². The maximum absolute atomic E-state index is 12.0. The highest BCUT2D eigenvalue weighted by molar-refractivity contribution is 6.33. The first-order valence-corrected chi connectivity index (χ1v) is 5.11. The minimum absolute atomic E-state index is 0.0697. The summed E-state index contributed by atoms with van der Waals surface area (Å²) in [7, 11) is 1.70. The second-order valence-electron chi connectivity index (χ2n) is 3.41. The number of hydrogen-bond donors (Lipinski definition) is 1. The Balaban J connectivity index is 2.19. The van der Waals surface area contributed by atoms with Gasteiger partial charge in [0.05, 0.1) is 30.5 Å². The molecule has 82 valence electrons. The highest BCUT2D eigenvalue weighted by Gasteiger charge is 2.26. The van der Waals surface area contributed by atoms with Crippen molar-refractivity contribution in [1.29, 1.82) is 0 Å². The van der Waals surface area contributed by atoms with E-state index in [-0.39, 0.29) is 11.8 Å². The van der Waals surface area contributed by atoms with Gasteiger partial charge in [-0.3, -0.25) is 9.48 Å². The molecule has 6 heteroatoms. The predicted molar refractivity (Wildman–Crippen MR) is 55.2 cm³/mol. The van der Waals surface area contributed by atoms with Gasteiger partial charge in [0.25, 0.3) is 0 Å². The first kappa shape index (κ1) is 10.6. The number of ether oxygens (including phenoxy) is 1. The zero-order chi connectivity index (χ0) is 10.8. The van der Waals surface area contributed by atoms with E-state index in [4.69, 9.17) is 16.3 Å². The molecular weight excluding hydrogens is 218 g/mol. The molecule has 1 atom stereocenters. The summed E-state index contributed by atoms with van der Waals surface area (Å²) in [5.74, 6) is -0.0697. The largest absolute Gasteiger partial charge is 0.378 e. The van der Waals surface area contributed by atoms with Crippen molar-refractivity contribution in [1.82, 2.24) is 15.1 Å². The number of rotatable bonds is 2. The van der Waals surface area contributed by atoms with E-state index in [2.05, 4.69) is 10.4 Å². The summed E-state index contributed by atoms with van der Waals surface area (Å²) in [5, 5.41) is 7.40. The number of Topliss-reactive ketones (excluding diaryl/α,β-unsaturated/α-hetero) is 1. The summed E-state index contributed by atoms with van der Waals surface area (Å²) < 4.78 is 6.71. The van der Waals surface area contributed by atoms with Gasteiger partial charge in [0.2, 0.25) is 5.78 Å². The summed E-state index contributed by atoms with van der Waals surface area (Å²) in [4.78, 5) is 12.0. The molecule has 0 spiro atoms. The van der Waals surface area contributed by atoms with Gasteiger partial charge in [0.15, 0.2) is 0 Å². The molecule has 0 aliphatic carbocycles. The van der Waals surface area contributed by atoms with Crippen molar-refractivity contribution >= 4 is 17.4 Å². The number of carbonyl (C=O) groups excluding carboxylic acids is 1. The maximum Gasteiger partial charge on any atom is 0.201 e. The summed E-state index contributed by atoms with van der Waals surface area (Å²) >= 11 is 5.89. The van der Waals surface area contributed by atoms with Gasteiger partial charge in [-0.25, -0.2) is 0 Å². The molecule has 1 N–H and O–H groups in total. The van der Waals surface area contributed by atoms with Crippen LogP contribution in [0, 0.1) is 0 Å². The van der Waals surface area contributed by atoms with Crippen LogP contribution in [0.15, 0.2) is 6.20 Å². The summed E-state index contributed by atoms with van der Waals surface area (Å²) in [6, 6.07) is -0.313. The highest BCUT2D eigenvalue weighted by atomic mass is 35.5. The first-order chi connectivity index (χ1) is 7.20. The quantitative estimate of drug-likeness (QED) is 0.739. The van der Waals surface area contributed by atoms with Crippen LogP contribution >= 0.6 is 11.6 Å². The molecule has 0 aromatic carbocycles. The van der Waals surface area contributed by atoms with Crippen molar-refractivity contribution in [3.05, 3.63) is 16.9 Å². The molecule has 1 saturated heterocycles. The Kier molecular flexibility index (Phi) is 3.04. The van der Waals surface area contributed by atoms with E-state index < -0.39 is 0 Å². The number of carbonyl (C=O) groups is 1. The third kappa shape index (κ3) is 2.04. The molecule has 0 radical (unpaired) electrons. The Morgan fingerprint density at radius 1 is 1.80 bits per heavy atom. The smallest absolute Gasteiger partial charge is 0.201 e. The van der Waals surface area contributed by atoms with Crippen LogP contribution in [0.2, 0.25) is 5.02 Å². The molecule has 2 heterocycles. The summed E-state index contributed by atoms with van der Waals surface area (Å²) in [6.45, 7) is 1.72. The predicted octanol–water partition coefficient (Wildman–Crippen LogP) is 0.245. The maximum atomic E-state index is 12.0. The number of morpholine rings is 1. The Labute approximate surface area is 92.4 Å². The molecule has 0 saturated carbocycles. The average molecular weight is 230 g/mol. The molecule has 1 aliphatic rings. The molecule has 5 nitrogen and oxygen atoms in total. The second-order valence-corrected chi connectivity index (χ2v) is 3.82. The van der Waals surface area contributed by atoms with E-state index in [1.54, 1.807) is 7.05 Å². The van der Waals surface area contributed by atoms with E-state index >= 15 is 0 Å². The van der Waals surface area contributed by atoms with Crippen LogP contribution in [-0.2, 0) is 11.8 Å². The van der Waals surface area contributed by atoms with Crippen LogP contribution in [0.4, 0.5) is 0 Å². The molecule has 1 aliphatic heterocycles. The molecule has 1 fully saturated rings. The molecule has 1 unspecified atom stereocenters. The number of hydrogen-bond acceptors (Lipinski definition) is 4. The van der Waals surface area contributed by atoms with Gasteiger partial charge in [-0.05, 0) is 0 Å². The zero-order valence-electron chi connectivity index (χ0n) is 8.36. The normalized spacial score (nSPS) is 21.6. The van der Waals surface area contributed by atoms with Gasteiger partial charge < -0.3 is 10.1 Å². The highest BCUT2D eigenvalue weighted by Crippen LogP contribution is 2.16. The SMILES string of the molecule is Cn1ncc(Cl)c1C(=O)C1COCCN1. The zero-order valence-corrected chi connectivity index (χ0v) is 9.12. The Morgan fingerprint density at radius 2 is 2.60 bits per heavy atom.